The average Bonchev–Trinajstić information content (AvgIpc) is 3.64. The van der Waals surface area contributed by atoms with Gasteiger partial charge in [0.1, 0.15) is 11.5 Å². The Labute approximate surface area is 205 Å². The van der Waals surface area contributed by atoms with Crippen LogP contribution in [0.5, 0.6) is 0 Å². The van der Waals surface area contributed by atoms with Gasteiger partial charge in [-0.3, -0.25) is 14.6 Å². The zero-order chi connectivity index (χ0) is 24.6. The number of rotatable bonds is 6. The van der Waals surface area contributed by atoms with Crippen molar-refractivity contribution < 1.29 is 4.74 Å². The molecule has 184 valence electrons. The number of benzene rings is 1. The molecule has 1 aliphatic rings. The van der Waals surface area contributed by atoms with Gasteiger partial charge in [0.25, 0.3) is 0 Å². The molecule has 0 unspecified atom stereocenters. The summed E-state index contributed by atoms with van der Waals surface area (Å²) in [5.74, 6) is 1.97. The van der Waals surface area contributed by atoms with E-state index in [-0.39, 0.29) is 11.6 Å². The van der Waals surface area contributed by atoms with Gasteiger partial charge in [0, 0.05) is 31.2 Å². The molecular weight excluding hydrogens is 460 g/mol. The van der Waals surface area contributed by atoms with Crippen LogP contribution in [0.4, 0.5) is 0 Å². The van der Waals surface area contributed by atoms with Crippen LogP contribution in [0, 0.1) is 5.92 Å². The van der Waals surface area contributed by atoms with Crippen LogP contribution >= 0.6 is 0 Å². The zero-order valence-corrected chi connectivity index (χ0v) is 20.0. The van der Waals surface area contributed by atoms with Crippen LogP contribution in [0.3, 0.4) is 0 Å². The highest BCUT2D eigenvalue weighted by Gasteiger charge is 2.19. The molecule has 0 amide bonds. The third-order valence-electron chi connectivity index (χ3n) is 6.50. The molecule has 6 rings (SSSR count). The van der Waals surface area contributed by atoms with Crippen LogP contribution in [0.25, 0.3) is 39.8 Å². The summed E-state index contributed by atoms with van der Waals surface area (Å²) in [6, 6.07) is 7.76. The second-order valence-corrected chi connectivity index (χ2v) is 9.30. The maximum atomic E-state index is 12.6. The highest BCUT2D eigenvalue weighted by atomic mass is 16.5. The van der Waals surface area contributed by atoms with Crippen LogP contribution in [0.15, 0.2) is 41.5 Å². The van der Waals surface area contributed by atoms with E-state index in [9.17, 15) is 4.79 Å². The molecule has 0 atom stereocenters. The maximum absolute atomic E-state index is 12.6. The van der Waals surface area contributed by atoms with Gasteiger partial charge in [-0.1, -0.05) is 31.2 Å². The molecule has 0 saturated carbocycles. The summed E-state index contributed by atoms with van der Waals surface area (Å²) in [7, 11) is 0. The third-order valence-corrected chi connectivity index (χ3v) is 6.50. The lowest BCUT2D eigenvalue weighted by Crippen LogP contribution is -2.26. The van der Waals surface area contributed by atoms with E-state index in [1.807, 2.05) is 24.3 Å². The molecule has 1 aromatic carbocycles. The SMILES string of the molecule is CC(C)c1nc(-c2cnnn2-c2ccc(-c3cnc4[nH]c(=O)n(CC5CCOCC5)c4n3)cc2)n[nH]1. The third kappa shape index (κ3) is 4.09. The molecular formula is C24H26N10O2. The number of H-pyrrole nitrogens is 2. The maximum Gasteiger partial charge on any atom is 0.328 e. The molecule has 12 heteroatoms. The first-order valence-corrected chi connectivity index (χ1v) is 12.0. The van der Waals surface area contributed by atoms with E-state index in [0.29, 0.717) is 41.0 Å². The van der Waals surface area contributed by atoms with Crippen molar-refractivity contribution in [1.82, 2.24) is 49.7 Å². The van der Waals surface area contributed by atoms with E-state index >= 15 is 0 Å². The van der Waals surface area contributed by atoms with Crippen molar-refractivity contribution in [2.45, 2.75) is 39.2 Å². The fourth-order valence-electron chi connectivity index (χ4n) is 4.41. The normalized spacial score (nSPS) is 14.8. The summed E-state index contributed by atoms with van der Waals surface area (Å²) < 4.78 is 8.84. The molecule has 36 heavy (non-hydrogen) atoms. The standard InChI is InChI=1S/C24H26N10O2/c1-14(2)20-28-21(31-30-20)19-12-26-32-34(19)17-5-3-16(4-6-17)18-11-25-22-23(27-18)33(24(35)29-22)13-15-7-9-36-10-8-15/h3-6,11-12,14-15H,7-10,13H2,1-2H3,(H,25,29,35)(H,28,30,31). The number of imidazole rings is 1. The molecule has 12 nitrogen and oxygen atoms in total. The molecule has 0 aliphatic carbocycles. The Balaban J connectivity index is 1.29. The predicted molar refractivity (Wildman–Crippen MR) is 132 cm³/mol. The smallest absolute Gasteiger partial charge is 0.328 e. The lowest BCUT2D eigenvalue weighted by Gasteiger charge is -2.21. The van der Waals surface area contributed by atoms with E-state index in [1.54, 1.807) is 21.6 Å². The second kappa shape index (κ2) is 9.11. The molecule has 0 radical (unpaired) electrons. The number of nitrogens with one attached hydrogen (secondary N) is 2. The lowest BCUT2D eigenvalue weighted by atomic mass is 10.0. The summed E-state index contributed by atoms with van der Waals surface area (Å²) in [4.78, 5) is 29.2. The van der Waals surface area contributed by atoms with Gasteiger partial charge in [0.2, 0.25) is 5.82 Å². The van der Waals surface area contributed by atoms with Crippen LogP contribution in [0.2, 0.25) is 0 Å². The summed E-state index contributed by atoms with van der Waals surface area (Å²) in [6.45, 7) is 6.17. The van der Waals surface area contributed by atoms with Crippen molar-refractivity contribution in [2.24, 2.45) is 5.92 Å². The number of aromatic nitrogens is 10. The van der Waals surface area contributed by atoms with E-state index in [1.165, 1.54) is 0 Å². The minimum atomic E-state index is -0.185. The first kappa shape index (κ1) is 22.3. The Morgan fingerprint density at radius 3 is 2.67 bits per heavy atom. The fraction of sp³-hybridized carbons (Fsp3) is 0.375. The molecule has 2 N–H and O–H groups in total. The van der Waals surface area contributed by atoms with Gasteiger partial charge < -0.3 is 4.74 Å². The number of hydrogen-bond donors (Lipinski definition) is 2. The van der Waals surface area contributed by atoms with Crippen molar-refractivity contribution in [3.05, 3.63) is 53.0 Å². The predicted octanol–water partition coefficient (Wildman–Crippen LogP) is 2.70. The number of nitrogens with zero attached hydrogens (tertiary/aromatic N) is 8. The molecule has 1 saturated heterocycles. The van der Waals surface area contributed by atoms with Gasteiger partial charge >= 0.3 is 5.69 Å². The Hall–Kier alpha value is -4.19. The Morgan fingerprint density at radius 1 is 1.11 bits per heavy atom. The first-order valence-electron chi connectivity index (χ1n) is 12.0. The topological polar surface area (TPSA) is 145 Å². The number of ether oxygens (including phenoxy) is 1. The van der Waals surface area contributed by atoms with E-state index in [2.05, 4.69) is 49.3 Å². The van der Waals surface area contributed by atoms with Gasteiger partial charge in [-0.2, -0.15) is 5.10 Å². The largest absolute Gasteiger partial charge is 0.381 e. The summed E-state index contributed by atoms with van der Waals surface area (Å²) in [6.07, 6.45) is 5.19. The molecule has 1 fully saturated rings. The quantitative estimate of drug-likeness (QED) is 0.373. The van der Waals surface area contributed by atoms with Crippen LogP contribution in [-0.2, 0) is 11.3 Å². The summed E-state index contributed by atoms with van der Waals surface area (Å²) in [5.41, 5.74) is 3.94. The van der Waals surface area contributed by atoms with E-state index in [0.717, 1.165) is 43.1 Å². The molecule has 5 heterocycles. The Bertz CT molecular complexity index is 1550. The second-order valence-electron chi connectivity index (χ2n) is 9.30. The summed E-state index contributed by atoms with van der Waals surface area (Å²) >= 11 is 0. The van der Waals surface area contributed by atoms with Gasteiger partial charge in [0.15, 0.2) is 11.3 Å². The number of hydrogen-bond acceptors (Lipinski definition) is 8. The van der Waals surface area contributed by atoms with E-state index in [4.69, 9.17) is 9.72 Å². The molecule has 1 aliphatic heterocycles. The van der Waals surface area contributed by atoms with Crippen molar-refractivity contribution in [3.8, 4) is 28.5 Å². The highest BCUT2D eigenvalue weighted by Crippen LogP contribution is 2.24. The van der Waals surface area contributed by atoms with Crippen LogP contribution < -0.4 is 5.69 Å². The zero-order valence-electron chi connectivity index (χ0n) is 20.0. The Kier molecular flexibility index (Phi) is 5.64. The van der Waals surface area contributed by atoms with Gasteiger partial charge in [0.05, 0.1) is 23.8 Å². The molecule has 5 aromatic rings. The summed E-state index contributed by atoms with van der Waals surface area (Å²) in [5, 5.41) is 15.6. The highest BCUT2D eigenvalue weighted by molar-refractivity contribution is 5.71. The van der Waals surface area contributed by atoms with Crippen molar-refractivity contribution in [2.75, 3.05) is 13.2 Å². The molecule has 0 spiro atoms. The lowest BCUT2D eigenvalue weighted by molar-refractivity contribution is 0.0613. The number of fused-ring (bicyclic) bond motifs is 1. The van der Waals surface area contributed by atoms with Gasteiger partial charge in [-0.15, -0.1) is 5.10 Å². The fourth-order valence-corrected chi connectivity index (χ4v) is 4.41. The monoisotopic (exact) mass is 486 g/mol. The average molecular weight is 487 g/mol. The Morgan fingerprint density at radius 2 is 1.92 bits per heavy atom. The van der Waals surface area contributed by atoms with Crippen molar-refractivity contribution in [3.63, 3.8) is 0 Å². The first-order chi connectivity index (χ1) is 17.6. The minimum absolute atomic E-state index is 0.185. The van der Waals surface area contributed by atoms with Crippen molar-refractivity contribution in [1.29, 1.82) is 0 Å². The molecule has 0 bridgehead atoms. The molecule has 4 aromatic heterocycles. The van der Waals surface area contributed by atoms with Crippen LogP contribution in [-0.4, -0.2) is 62.9 Å². The van der Waals surface area contributed by atoms with Gasteiger partial charge in [-0.25, -0.2) is 24.4 Å². The van der Waals surface area contributed by atoms with Crippen LogP contribution in [0.1, 0.15) is 38.4 Å². The van der Waals surface area contributed by atoms with E-state index < -0.39 is 0 Å². The number of aromatic amines is 2. The van der Waals surface area contributed by atoms with Crippen molar-refractivity contribution >= 4 is 11.3 Å². The van der Waals surface area contributed by atoms with Gasteiger partial charge in [-0.05, 0) is 30.9 Å². The minimum Gasteiger partial charge on any atom is -0.381 e.